The zero-order chi connectivity index (χ0) is 10.7. The van der Waals surface area contributed by atoms with Crippen molar-refractivity contribution in [3.63, 3.8) is 0 Å². The lowest BCUT2D eigenvalue weighted by molar-refractivity contribution is 0.307. The first kappa shape index (κ1) is 10.5. The second-order valence-corrected chi connectivity index (χ2v) is 4.59. The monoisotopic (exact) mass is 205 g/mol. The molecule has 1 heterocycles. The number of aromatic nitrogens is 1. The van der Waals surface area contributed by atoms with Crippen LogP contribution in [0.1, 0.15) is 50.6 Å². The highest BCUT2D eigenvalue weighted by molar-refractivity contribution is 5.28. The third kappa shape index (κ3) is 2.31. The van der Waals surface area contributed by atoms with E-state index in [0.29, 0.717) is 17.6 Å². The molecule has 15 heavy (non-hydrogen) atoms. The maximum Gasteiger partial charge on any atom is 0.137 e. The number of aromatic hydroxyl groups is 1. The van der Waals surface area contributed by atoms with Gasteiger partial charge in [-0.25, -0.2) is 0 Å². The maximum atomic E-state index is 9.75. The molecule has 1 aliphatic rings. The summed E-state index contributed by atoms with van der Waals surface area (Å²) in [5.74, 6) is 1.46. The molecule has 0 bridgehead atoms. The third-order valence-electron chi connectivity index (χ3n) is 3.60. The molecule has 0 saturated heterocycles. The van der Waals surface area contributed by atoms with Gasteiger partial charge in [0.1, 0.15) is 5.75 Å². The van der Waals surface area contributed by atoms with Crippen LogP contribution in [0.15, 0.2) is 18.3 Å². The molecule has 0 radical (unpaired) electrons. The summed E-state index contributed by atoms with van der Waals surface area (Å²) < 4.78 is 0. The van der Waals surface area contributed by atoms with Crippen LogP contribution in [0.3, 0.4) is 0 Å². The minimum Gasteiger partial charge on any atom is -0.506 e. The molecule has 1 aromatic heterocycles. The number of hydrogen-bond donors (Lipinski definition) is 1. The Hall–Kier alpha value is -1.05. The fourth-order valence-corrected chi connectivity index (χ4v) is 2.62. The summed E-state index contributed by atoms with van der Waals surface area (Å²) in [5.41, 5.74) is 0.879. The molecule has 0 aliphatic heterocycles. The average Bonchev–Trinajstić information content (AvgIpc) is 2.30. The van der Waals surface area contributed by atoms with Gasteiger partial charge < -0.3 is 5.11 Å². The molecule has 2 nitrogen and oxygen atoms in total. The second-order valence-electron chi connectivity index (χ2n) is 4.59. The summed E-state index contributed by atoms with van der Waals surface area (Å²) in [6.07, 6.45) is 8.39. The molecule has 1 N–H and O–H groups in total. The summed E-state index contributed by atoms with van der Waals surface area (Å²) in [6, 6.07) is 3.52. The molecule has 1 atom stereocenters. The predicted octanol–water partition coefficient (Wildman–Crippen LogP) is 3.47. The van der Waals surface area contributed by atoms with E-state index in [-0.39, 0.29) is 0 Å². The van der Waals surface area contributed by atoms with Gasteiger partial charge in [0.2, 0.25) is 0 Å². The Morgan fingerprint density at radius 2 is 2.07 bits per heavy atom. The van der Waals surface area contributed by atoms with E-state index in [9.17, 15) is 5.11 Å². The van der Waals surface area contributed by atoms with Gasteiger partial charge in [0.25, 0.3) is 0 Å². The van der Waals surface area contributed by atoms with Gasteiger partial charge in [0.15, 0.2) is 0 Å². The lowest BCUT2D eigenvalue weighted by Gasteiger charge is -2.27. The molecule has 1 aromatic rings. The van der Waals surface area contributed by atoms with E-state index in [4.69, 9.17) is 0 Å². The van der Waals surface area contributed by atoms with Crippen LogP contribution in [0.5, 0.6) is 5.75 Å². The quantitative estimate of drug-likeness (QED) is 0.802. The Labute approximate surface area is 91.4 Å². The molecule has 1 fully saturated rings. The van der Waals surface area contributed by atoms with E-state index >= 15 is 0 Å². The number of rotatable bonds is 2. The van der Waals surface area contributed by atoms with E-state index in [2.05, 4.69) is 11.9 Å². The highest BCUT2D eigenvalue weighted by Crippen LogP contribution is 2.37. The van der Waals surface area contributed by atoms with Crippen molar-refractivity contribution in [2.45, 2.75) is 44.9 Å². The van der Waals surface area contributed by atoms with Gasteiger partial charge in [-0.3, -0.25) is 4.98 Å². The van der Waals surface area contributed by atoms with Crippen LogP contribution in [0.4, 0.5) is 0 Å². The van der Waals surface area contributed by atoms with E-state index in [1.165, 1.54) is 32.1 Å². The van der Waals surface area contributed by atoms with Crippen LogP contribution in [0.25, 0.3) is 0 Å². The normalized spacial score (nSPS) is 20.1. The topological polar surface area (TPSA) is 33.1 Å². The van der Waals surface area contributed by atoms with Gasteiger partial charge in [-0.15, -0.1) is 0 Å². The lowest BCUT2D eigenvalue weighted by Crippen LogP contribution is -2.14. The molecule has 2 heteroatoms. The van der Waals surface area contributed by atoms with Gasteiger partial charge in [-0.05, 0) is 30.9 Å². The Kier molecular flexibility index (Phi) is 3.24. The minimum atomic E-state index is 0.357. The average molecular weight is 205 g/mol. The largest absolute Gasteiger partial charge is 0.506 e. The zero-order valence-corrected chi connectivity index (χ0v) is 9.32. The molecule has 1 unspecified atom stereocenters. The zero-order valence-electron chi connectivity index (χ0n) is 9.32. The van der Waals surface area contributed by atoms with Crippen molar-refractivity contribution in [3.05, 3.63) is 24.0 Å². The molecule has 0 aromatic carbocycles. The van der Waals surface area contributed by atoms with Crippen molar-refractivity contribution in [3.8, 4) is 5.75 Å². The summed E-state index contributed by atoms with van der Waals surface area (Å²) in [4.78, 5) is 4.30. The Morgan fingerprint density at radius 1 is 1.33 bits per heavy atom. The molecule has 1 aliphatic carbocycles. The second kappa shape index (κ2) is 4.65. The lowest BCUT2D eigenvalue weighted by atomic mass is 9.79. The van der Waals surface area contributed by atoms with Crippen molar-refractivity contribution in [2.24, 2.45) is 5.92 Å². The highest BCUT2D eigenvalue weighted by Gasteiger charge is 2.23. The molecular formula is C13H19NO. The van der Waals surface area contributed by atoms with Gasteiger partial charge in [0, 0.05) is 12.1 Å². The van der Waals surface area contributed by atoms with Crippen molar-refractivity contribution in [1.82, 2.24) is 4.98 Å². The molecule has 82 valence electrons. The minimum absolute atomic E-state index is 0.357. The third-order valence-corrected chi connectivity index (χ3v) is 3.60. The van der Waals surface area contributed by atoms with Gasteiger partial charge in [-0.2, -0.15) is 0 Å². The molecule has 0 amide bonds. The highest BCUT2D eigenvalue weighted by atomic mass is 16.3. The smallest absolute Gasteiger partial charge is 0.137 e. The summed E-state index contributed by atoms with van der Waals surface area (Å²) >= 11 is 0. The first-order valence-corrected chi connectivity index (χ1v) is 5.93. The first-order valence-electron chi connectivity index (χ1n) is 5.93. The van der Waals surface area contributed by atoms with Crippen LogP contribution >= 0.6 is 0 Å². The van der Waals surface area contributed by atoms with Gasteiger partial charge in [-0.1, -0.05) is 26.2 Å². The fraction of sp³-hybridized carbons (Fsp3) is 0.615. The van der Waals surface area contributed by atoms with Crippen LogP contribution < -0.4 is 0 Å². The molecule has 1 saturated carbocycles. The van der Waals surface area contributed by atoms with Crippen molar-refractivity contribution in [2.75, 3.05) is 0 Å². The van der Waals surface area contributed by atoms with Crippen LogP contribution in [-0.4, -0.2) is 10.1 Å². The Bertz CT molecular complexity index is 318. The number of hydrogen-bond acceptors (Lipinski definition) is 2. The maximum absolute atomic E-state index is 9.75. The van der Waals surface area contributed by atoms with E-state index in [1.807, 2.05) is 0 Å². The van der Waals surface area contributed by atoms with Crippen LogP contribution in [0.2, 0.25) is 0 Å². The van der Waals surface area contributed by atoms with E-state index < -0.39 is 0 Å². The molecule has 0 spiro atoms. The Balaban J connectivity index is 2.12. The van der Waals surface area contributed by atoms with Crippen molar-refractivity contribution in [1.29, 1.82) is 0 Å². The van der Waals surface area contributed by atoms with Crippen LogP contribution in [0, 0.1) is 5.92 Å². The van der Waals surface area contributed by atoms with Gasteiger partial charge in [0.05, 0.1) is 5.69 Å². The van der Waals surface area contributed by atoms with Crippen molar-refractivity contribution < 1.29 is 5.11 Å². The fourth-order valence-electron chi connectivity index (χ4n) is 2.62. The molecule has 2 rings (SSSR count). The summed E-state index contributed by atoms with van der Waals surface area (Å²) in [6.45, 7) is 2.19. The van der Waals surface area contributed by atoms with Gasteiger partial charge >= 0.3 is 0 Å². The number of nitrogens with zero attached hydrogens (tertiary/aromatic N) is 1. The summed E-state index contributed by atoms with van der Waals surface area (Å²) in [5, 5.41) is 9.75. The standard InChI is InChI=1S/C13H19NO/c1-10(11-6-3-2-4-7-11)13-12(15)8-5-9-14-13/h5,8-11,15H,2-4,6-7H2,1H3. The predicted molar refractivity (Wildman–Crippen MR) is 60.9 cm³/mol. The van der Waals surface area contributed by atoms with Crippen molar-refractivity contribution >= 4 is 0 Å². The number of pyridine rings is 1. The Morgan fingerprint density at radius 3 is 2.73 bits per heavy atom. The SMILES string of the molecule is CC(c1ncccc1O)C1CCCCC1. The van der Waals surface area contributed by atoms with Crippen LogP contribution in [-0.2, 0) is 0 Å². The molecular weight excluding hydrogens is 186 g/mol. The summed E-state index contributed by atoms with van der Waals surface area (Å²) in [7, 11) is 0. The van der Waals surface area contributed by atoms with E-state index in [1.54, 1.807) is 18.3 Å². The first-order chi connectivity index (χ1) is 7.29. The van der Waals surface area contributed by atoms with E-state index in [0.717, 1.165) is 5.69 Å².